The molecule has 0 amide bonds. The summed E-state index contributed by atoms with van der Waals surface area (Å²) in [5, 5.41) is 9.97. The van der Waals surface area contributed by atoms with Crippen molar-refractivity contribution >= 4 is 17.6 Å². The highest BCUT2D eigenvalue weighted by molar-refractivity contribution is 6.30. The Morgan fingerprint density at radius 2 is 1.96 bits per heavy atom. The monoisotopic (exact) mass is 348 g/mol. The summed E-state index contributed by atoms with van der Waals surface area (Å²) < 4.78 is 0. The summed E-state index contributed by atoms with van der Waals surface area (Å²) in [6.45, 7) is 6.20. The summed E-state index contributed by atoms with van der Waals surface area (Å²) in [5.41, 5.74) is 1.33. The van der Waals surface area contributed by atoms with Gasteiger partial charge < -0.3 is 15.0 Å². The Labute approximate surface area is 146 Å². The van der Waals surface area contributed by atoms with E-state index < -0.39 is 12.0 Å². The van der Waals surface area contributed by atoms with Crippen molar-refractivity contribution < 1.29 is 9.90 Å². The van der Waals surface area contributed by atoms with E-state index in [1.807, 2.05) is 35.2 Å². The summed E-state index contributed by atoms with van der Waals surface area (Å²) >= 11 is 6.27. The van der Waals surface area contributed by atoms with Crippen molar-refractivity contribution in [3.8, 4) is 11.4 Å². The second kappa shape index (κ2) is 7.34. The van der Waals surface area contributed by atoms with E-state index in [-0.39, 0.29) is 5.15 Å². The molecule has 0 spiro atoms. The molecule has 1 aliphatic heterocycles. The molecular weight excluding hydrogens is 328 g/mol. The molecular formula is C17H21ClN4O2. The molecule has 3 rings (SSSR count). The van der Waals surface area contributed by atoms with Crippen molar-refractivity contribution in [1.29, 1.82) is 0 Å². The van der Waals surface area contributed by atoms with Crippen molar-refractivity contribution in [3.05, 3.63) is 41.2 Å². The number of H-pyrrole nitrogens is 1. The van der Waals surface area contributed by atoms with Crippen LogP contribution in [0.4, 0.5) is 0 Å². The van der Waals surface area contributed by atoms with E-state index in [1.54, 1.807) is 0 Å². The first-order valence-electron chi connectivity index (χ1n) is 8.10. The SMILES string of the molecule is CCN1CCN(C(C(=O)O)c2[nH]c(-c3ccccc3)nc2Cl)CC1. The number of carboxylic acids is 1. The zero-order valence-corrected chi connectivity index (χ0v) is 14.3. The zero-order chi connectivity index (χ0) is 17.1. The van der Waals surface area contributed by atoms with Gasteiger partial charge in [0, 0.05) is 31.7 Å². The Morgan fingerprint density at radius 1 is 1.29 bits per heavy atom. The minimum atomic E-state index is -0.912. The Kier molecular flexibility index (Phi) is 5.18. The van der Waals surface area contributed by atoms with E-state index in [1.165, 1.54) is 0 Å². The predicted molar refractivity (Wildman–Crippen MR) is 93.1 cm³/mol. The smallest absolute Gasteiger partial charge is 0.327 e. The lowest BCUT2D eigenvalue weighted by Gasteiger charge is -2.36. The molecule has 1 aromatic heterocycles. The van der Waals surface area contributed by atoms with Gasteiger partial charge in [0.25, 0.3) is 0 Å². The molecule has 2 heterocycles. The normalized spacial score (nSPS) is 17.8. The average Bonchev–Trinajstić information content (AvgIpc) is 2.98. The maximum absolute atomic E-state index is 11.9. The van der Waals surface area contributed by atoms with Crippen LogP contribution in [0.3, 0.4) is 0 Å². The fourth-order valence-corrected chi connectivity index (χ4v) is 3.31. The van der Waals surface area contributed by atoms with Crippen LogP contribution in [0.5, 0.6) is 0 Å². The second-order valence-corrected chi connectivity index (χ2v) is 6.22. The number of hydrogen-bond donors (Lipinski definition) is 2. The van der Waals surface area contributed by atoms with Crippen molar-refractivity contribution in [2.24, 2.45) is 0 Å². The molecule has 0 bridgehead atoms. The van der Waals surface area contributed by atoms with Gasteiger partial charge >= 0.3 is 5.97 Å². The van der Waals surface area contributed by atoms with Gasteiger partial charge in [0.05, 0.1) is 5.69 Å². The average molecular weight is 349 g/mol. The molecule has 7 heteroatoms. The van der Waals surface area contributed by atoms with Gasteiger partial charge in [0.1, 0.15) is 5.82 Å². The summed E-state index contributed by atoms with van der Waals surface area (Å²) in [4.78, 5) is 23.6. The lowest BCUT2D eigenvalue weighted by atomic mass is 10.1. The quantitative estimate of drug-likeness (QED) is 0.868. The molecule has 1 atom stereocenters. The van der Waals surface area contributed by atoms with Gasteiger partial charge in [-0.1, -0.05) is 48.9 Å². The van der Waals surface area contributed by atoms with Crippen LogP contribution in [0.1, 0.15) is 18.7 Å². The number of hydrogen-bond acceptors (Lipinski definition) is 4. The second-order valence-electron chi connectivity index (χ2n) is 5.87. The number of benzene rings is 1. The number of carboxylic acid groups (broad SMARTS) is 1. The zero-order valence-electron chi connectivity index (χ0n) is 13.6. The summed E-state index contributed by atoms with van der Waals surface area (Å²) in [5.74, 6) is -0.320. The summed E-state index contributed by atoms with van der Waals surface area (Å²) in [6.07, 6.45) is 0. The van der Waals surface area contributed by atoms with Crippen molar-refractivity contribution in [1.82, 2.24) is 19.8 Å². The minimum absolute atomic E-state index is 0.221. The minimum Gasteiger partial charge on any atom is -0.480 e. The van der Waals surface area contributed by atoms with E-state index in [2.05, 4.69) is 21.8 Å². The van der Waals surface area contributed by atoms with Gasteiger partial charge in [-0.3, -0.25) is 9.69 Å². The Morgan fingerprint density at radius 3 is 2.54 bits per heavy atom. The maximum atomic E-state index is 11.9. The number of aromatic nitrogens is 2. The van der Waals surface area contributed by atoms with Crippen molar-refractivity contribution in [3.63, 3.8) is 0 Å². The highest BCUT2D eigenvalue weighted by atomic mass is 35.5. The molecule has 24 heavy (non-hydrogen) atoms. The Balaban J connectivity index is 1.87. The standard InChI is InChI=1S/C17H21ClN4O2/c1-2-21-8-10-22(11-9-21)14(17(23)24)13-15(18)20-16(19-13)12-6-4-3-5-7-12/h3-7,14H,2,8-11H2,1H3,(H,19,20)(H,23,24). The molecule has 6 nitrogen and oxygen atoms in total. The largest absolute Gasteiger partial charge is 0.480 e. The number of nitrogens with one attached hydrogen (secondary N) is 1. The highest BCUT2D eigenvalue weighted by Gasteiger charge is 2.33. The number of likely N-dealkylation sites (N-methyl/N-ethyl adjacent to an activating group) is 1. The third-order valence-corrected chi connectivity index (χ3v) is 4.75. The van der Waals surface area contributed by atoms with Gasteiger partial charge in [-0.2, -0.15) is 0 Å². The number of piperazine rings is 1. The number of rotatable bonds is 5. The fourth-order valence-electron chi connectivity index (χ4n) is 3.08. The molecule has 2 aromatic rings. The summed E-state index contributed by atoms with van der Waals surface area (Å²) in [7, 11) is 0. The van der Waals surface area contributed by atoms with Crippen LogP contribution in [0.2, 0.25) is 5.15 Å². The van der Waals surface area contributed by atoms with E-state index in [9.17, 15) is 9.90 Å². The highest BCUT2D eigenvalue weighted by Crippen LogP contribution is 2.30. The molecule has 128 valence electrons. The first kappa shape index (κ1) is 17.0. The van der Waals surface area contributed by atoms with Gasteiger partial charge in [-0.05, 0) is 6.54 Å². The topological polar surface area (TPSA) is 72.5 Å². The van der Waals surface area contributed by atoms with Crippen molar-refractivity contribution in [2.75, 3.05) is 32.7 Å². The molecule has 1 unspecified atom stereocenters. The van der Waals surface area contributed by atoms with Crippen LogP contribution in [-0.2, 0) is 4.79 Å². The summed E-state index contributed by atoms with van der Waals surface area (Å²) in [6, 6.07) is 8.75. The Hall–Kier alpha value is -1.89. The number of aromatic amines is 1. The first-order chi connectivity index (χ1) is 11.6. The molecule has 2 N–H and O–H groups in total. The van der Waals surface area contributed by atoms with Gasteiger partial charge in [-0.25, -0.2) is 4.98 Å². The Bertz CT molecular complexity index is 696. The maximum Gasteiger partial charge on any atom is 0.327 e. The van der Waals surface area contributed by atoms with Crippen LogP contribution >= 0.6 is 11.6 Å². The number of aliphatic carboxylic acids is 1. The van der Waals surface area contributed by atoms with Crippen LogP contribution < -0.4 is 0 Å². The number of carbonyl (C=O) groups is 1. The van der Waals surface area contributed by atoms with E-state index in [0.717, 1.165) is 25.2 Å². The molecule has 0 aliphatic carbocycles. The van der Waals surface area contributed by atoms with E-state index >= 15 is 0 Å². The predicted octanol–water partition coefficient (Wildman–Crippen LogP) is 2.49. The number of halogens is 1. The van der Waals surface area contributed by atoms with Gasteiger partial charge in [0.15, 0.2) is 11.2 Å². The van der Waals surface area contributed by atoms with E-state index in [0.29, 0.717) is 24.6 Å². The van der Waals surface area contributed by atoms with Crippen LogP contribution in [0, 0.1) is 0 Å². The third kappa shape index (κ3) is 3.45. The molecule has 1 fully saturated rings. The molecule has 1 aliphatic rings. The number of nitrogens with zero attached hydrogens (tertiary/aromatic N) is 3. The van der Waals surface area contributed by atoms with E-state index in [4.69, 9.17) is 11.6 Å². The van der Waals surface area contributed by atoms with Crippen LogP contribution in [0.25, 0.3) is 11.4 Å². The first-order valence-corrected chi connectivity index (χ1v) is 8.48. The van der Waals surface area contributed by atoms with Crippen LogP contribution in [-0.4, -0.2) is 63.6 Å². The van der Waals surface area contributed by atoms with Gasteiger partial charge in [0.2, 0.25) is 0 Å². The molecule has 1 saturated heterocycles. The lowest BCUT2D eigenvalue weighted by Crippen LogP contribution is -2.49. The van der Waals surface area contributed by atoms with Crippen LogP contribution in [0.15, 0.2) is 30.3 Å². The molecule has 1 aromatic carbocycles. The fraction of sp³-hybridized carbons (Fsp3) is 0.412. The third-order valence-electron chi connectivity index (χ3n) is 4.46. The number of imidazole rings is 1. The molecule has 0 radical (unpaired) electrons. The van der Waals surface area contributed by atoms with Gasteiger partial charge in [-0.15, -0.1) is 0 Å². The molecule has 0 saturated carbocycles. The lowest BCUT2D eigenvalue weighted by molar-refractivity contribution is -0.144. The van der Waals surface area contributed by atoms with Crippen molar-refractivity contribution in [2.45, 2.75) is 13.0 Å².